The van der Waals surface area contributed by atoms with Gasteiger partial charge in [0.15, 0.2) is 6.61 Å². The molecule has 7 nitrogen and oxygen atoms in total. The Bertz CT molecular complexity index is 610. The molecule has 150 valence electrons. The fraction of sp³-hybridized carbons (Fsp3) is 0.600. The predicted octanol–water partition coefficient (Wildman–Crippen LogP) is 0.0242. The van der Waals surface area contributed by atoms with Crippen LogP contribution >= 0.6 is 0 Å². The minimum Gasteiger partial charge on any atom is -0.455 e. The van der Waals surface area contributed by atoms with E-state index in [-0.39, 0.29) is 30.4 Å². The molecule has 0 unspecified atom stereocenters. The number of carbonyl (C=O) groups is 2. The standard InChI is InChI=1S/C20H31N3O4/c1-15(2)20(25)27-14-19(24)21-13-18(23-9-11-26-12-10-23)16-5-7-17(8-6-16)22(3)4/h5-8,15,18H,9-14H2,1-4H3,(H,21,24)/p+1/t18-/m0/s1. The molecule has 0 bridgehead atoms. The predicted molar refractivity (Wildman–Crippen MR) is 104 cm³/mol. The fourth-order valence-corrected chi connectivity index (χ4v) is 3.05. The van der Waals surface area contributed by atoms with Crippen molar-refractivity contribution in [3.8, 4) is 0 Å². The van der Waals surface area contributed by atoms with Crippen molar-refractivity contribution in [1.29, 1.82) is 0 Å². The molecule has 0 saturated carbocycles. The van der Waals surface area contributed by atoms with Crippen molar-refractivity contribution in [3.63, 3.8) is 0 Å². The summed E-state index contributed by atoms with van der Waals surface area (Å²) in [6, 6.07) is 8.55. The van der Waals surface area contributed by atoms with Crippen LogP contribution in [0.25, 0.3) is 0 Å². The first kappa shape index (κ1) is 21.2. The van der Waals surface area contributed by atoms with E-state index in [1.54, 1.807) is 13.8 Å². The zero-order valence-corrected chi connectivity index (χ0v) is 16.8. The number of anilines is 1. The molecule has 1 amide bonds. The van der Waals surface area contributed by atoms with Gasteiger partial charge in [0.2, 0.25) is 0 Å². The number of quaternary nitrogens is 1. The van der Waals surface area contributed by atoms with E-state index >= 15 is 0 Å². The van der Waals surface area contributed by atoms with Crippen molar-refractivity contribution in [3.05, 3.63) is 29.8 Å². The van der Waals surface area contributed by atoms with Gasteiger partial charge in [-0.05, 0) is 12.1 Å². The minimum atomic E-state index is -0.361. The molecular formula is C20H32N3O4+. The number of nitrogens with one attached hydrogen (secondary N) is 2. The van der Waals surface area contributed by atoms with Crippen molar-refractivity contribution in [2.45, 2.75) is 19.9 Å². The zero-order valence-electron chi connectivity index (χ0n) is 16.8. The molecule has 27 heavy (non-hydrogen) atoms. The summed E-state index contributed by atoms with van der Waals surface area (Å²) in [4.78, 5) is 27.1. The topological polar surface area (TPSA) is 72.3 Å². The molecule has 0 aromatic heterocycles. The average molecular weight is 378 g/mol. The van der Waals surface area contributed by atoms with Gasteiger partial charge in [-0.1, -0.05) is 26.0 Å². The van der Waals surface area contributed by atoms with Gasteiger partial charge in [0.05, 0.1) is 25.7 Å². The van der Waals surface area contributed by atoms with Crippen LogP contribution in [0.15, 0.2) is 24.3 Å². The molecule has 1 heterocycles. The first-order valence-corrected chi connectivity index (χ1v) is 9.51. The smallest absolute Gasteiger partial charge is 0.308 e. The van der Waals surface area contributed by atoms with Crippen LogP contribution in [0.4, 0.5) is 5.69 Å². The monoisotopic (exact) mass is 378 g/mol. The van der Waals surface area contributed by atoms with Crippen molar-refractivity contribution in [2.24, 2.45) is 5.92 Å². The molecule has 7 heteroatoms. The molecule has 1 aliphatic heterocycles. The van der Waals surface area contributed by atoms with E-state index < -0.39 is 0 Å². The van der Waals surface area contributed by atoms with E-state index in [2.05, 4.69) is 34.5 Å². The Hall–Kier alpha value is -2.12. The summed E-state index contributed by atoms with van der Waals surface area (Å²) in [5, 5.41) is 2.92. The van der Waals surface area contributed by atoms with E-state index in [9.17, 15) is 9.59 Å². The second-order valence-corrected chi connectivity index (χ2v) is 7.38. The number of benzene rings is 1. The van der Waals surface area contributed by atoms with E-state index in [1.165, 1.54) is 10.5 Å². The van der Waals surface area contributed by atoms with E-state index in [0.717, 1.165) is 32.0 Å². The zero-order chi connectivity index (χ0) is 19.8. The van der Waals surface area contributed by atoms with Crippen LogP contribution in [0.2, 0.25) is 0 Å². The van der Waals surface area contributed by atoms with Crippen LogP contribution in [-0.4, -0.2) is 65.4 Å². The third kappa shape index (κ3) is 6.52. The maximum Gasteiger partial charge on any atom is 0.308 e. The molecule has 2 N–H and O–H groups in total. The maximum absolute atomic E-state index is 12.1. The summed E-state index contributed by atoms with van der Waals surface area (Å²) in [7, 11) is 4.02. The Kier molecular flexibility index (Phi) is 8.06. The van der Waals surface area contributed by atoms with Gasteiger partial charge in [0.25, 0.3) is 5.91 Å². The highest BCUT2D eigenvalue weighted by atomic mass is 16.5. The number of carbonyl (C=O) groups excluding carboxylic acids is 2. The number of amides is 1. The highest BCUT2D eigenvalue weighted by molar-refractivity contribution is 5.81. The molecule has 1 atom stereocenters. The van der Waals surface area contributed by atoms with Crippen LogP contribution in [0.1, 0.15) is 25.5 Å². The summed E-state index contributed by atoms with van der Waals surface area (Å²) in [5.41, 5.74) is 2.32. The summed E-state index contributed by atoms with van der Waals surface area (Å²) >= 11 is 0. The minimum absolute atomic E-state index is 0.134. The van der Waals surface area contributed by atoms with Crippen LogP contribution < -0.4 is 15.1 Å². The lowest BCUT2D eigenvalue weighted by atomic mass is 10.0. The number of morpholine rings is 1. The Labute approximate surface area is 161 Å². The quantitative estimate of drug-likeness (QED) is 0.625. The van der Waals surface area contributed by atoms with Crippen molar-refractivity contribution in [2.75, 3.05) is 58.5 Å². The molecule has 0 aliphatic carbocycles. The fourth-order valence-electron chi connectivity index (χ4n) is 3.05. The van der Waals surface area contributed by atoms with Gasteiger partial charge in [0, 0.05) is 25.3 Å². The van der Waals surface area contributed by atoms with Gasteiger partial charge in [-0.2, -0.15) is 0 Å². The number of ether oxygens (including phenoxy) is 2. The third-order valence-corrected chi connectivity index (χ3v) is 4.76. The molecule has 1 saturated heterocycles. The van der Waals surface area contributed by atoms with Crippen LogP contribution in [0.3, 0.4) is 0 Å². The first-order valence-electron chi connectivity index (χ1n) is 9.51. The van der Waals surface area contributed by atoms with Gasteiger partial charge in [-0.15, -0.1) is 0 Å². The Morgan fingerprint density at radius 2 is 1.81 bits per heavy atom. The van der Waals surface area contributed by atoms with Crippen molar-refractivity contribution >= 4 is 17.6 Å². The number of rotatable bonds is 8. The summed E-state index contributed by atoms with van der Waals surface area (Å²) in [6.07, 6.45) is 0. The van der Waals surface area contributed by atoms with Crippen LogP contribution in [0, 0.1) is 5.92 Å². The molecule has 0 spiro atoms. The Morgan fingerprint density at radius 1 is 1.19 bits per heavy atom. The molecule has 1 fully saturated rings. The lowest BCUT2D eigenvalue weighted by Crippen LogP contribution is -3.15. The summed E-state index contributed by atoms with van der Waals surface area (Å²) in [5.74, 6) is -0.870. The maximum atomic E-state index is 12.1. The molecule has 1 aromatic carbocycles. The van der Waals surface area contributed by atoms with Gasteiger partial charge >= 0.3 is 5.97 Å². The lowest BCUT2D eigenvalue weighted by Gasteiger charge is -2.32. The van der Waals surface area contributed by atoms with E-state index in [0.29, 0.717) is 6.54 Å². The van der Waals surface area contributed by atoms with Crippen molar-refractivity contribution < 1.29 is 24.0 Å². The Morgan fingerprint density at radius 3 is 2.37 bits per heavy atom. The second kappa shape index (κ2) is 10.3. The molecule has 1 aliphatic rings. The normalized spacial score (nSPS) is 16.0. The van der Waals surface area contributed by atoms with E-state index in [4.69, 9.17) is 9.47 Å². The van der Waals surface area contributed by atoms with Gasteiger partial charge in [0.1, 0.15) is 19.1 Å². The van der Waals surface area contributed by atoms with Gasteiger partial charge in [-0.25, -0.2) is 0 Å². The van der Waals surface area contributed by atoms with Crippen molar-refractivity contribution in [1.82, 2.24) is 5.32 Å². The number of esters is 1. The number of nitrogens with zero attached hydrogens (tertiary/aromatic N) is 1. The first-order chi connectivity index (χ1) is 12.9. The van der Waals surface area contributed by atoms with E-state index in [1.807, 2.05) is 14.1 Å². The van der Waals surface area contributed by atoms with Gasteiger partial charge in [-0.3, -0.25) is 9.59 Å². The highest BCUT2D eigenvalue weighted by Gasteiger charge is 2.27. The van der Waals surface area contributed by atoms with Crippen LogP contribution in [0.5, 0.6) is 0 Å². The lowest BCUT2D eigenvalue weighted by molar-refractivity contribution is -0.937. The summed E-state index contributed by atoms with van der Waals surface area (Å²) < 4.78 is 10.5. The largest absolute Gasteiger partial charge is 0.455 e. The second-order valence-electron chi connectivity index (χ2n) is 7.38. The highest BCUT2D eigenvalue weighted by Crippen LogP contribution is 2.16. The van der Waals surface area contributed by atoms with Crippen LogP contribution in [-0.2, 0) is 19.1 Å². The molecular weight excluding hydrogens is 346 g/mol. The molecule has 1 aromatic rings. The molecule has 0 radical (unpaired) electrons. The average Bonchev–Trinajstić information content (AvgIpc) is 2.67. The summed E-state index contributed by atoms with van der Waals surface area (Å²) in [6.45, 7) is 7.00. The molecule has 2 rings (SSSR count). The number of hydrogen-bond donors (Lipinski definition) is 2. The third-order valence-electron chi connectivity index (χ3n) is 4.76. The number of hydrogen-bond acceptors (Lipinski definition) is 5. The van der Waals surface area contributed by atoms with Gasteiger partial charge < -0.3 is 24.6 Å². The Balaban J connectivity index is 2.00. The SMILES string of the molecule is CC(C)C(=O)OCC(=O)NC[C@@H](c1ccc(N(C)C)cc1)[NH+]1CCOCC1.